The molecule has 0 aliphatic carbocycles. The average Bonchev–Trinajstić information content (AvgIpc) is 2.90. The lowest BCUT2D eigenvalue weighted by Crippen LogP contribution is -2.06. The summed E-state index contributed by atoms with van der Waals surface area (Å²) in [7, 11) is 1.64. The van der Waals surface area contributed by atoms with Crippen LogP contribution in [0, 0.1) is 0 Å². The molecule has 0 spiro atoms. The molecule has 20 heavy (non-hydrogen) atoms. The molecule has 0 unspecified atom stereocenters. The van der Waals surface area contributed by atoms with Crippen molar-refractivity contribution in [1.29, 1.82) is 0 Å². The first-order chi connectivity index (χ1) is 9.78. The smallest absolute Gasteiger partial charge is 0.307 e. The van der Waals surface area contributed by atoms with E-state index < -0.39 is 0 Å². The minimum atomic E-state index is -0.197. The molecule has 1 fully saturated rings. The number of carbonyl (C=O) groups excluding carboxylic acids is 1. The van der Waals surface area contributed by atoms with E-state index in [1.807, 2.05) is 54.6 Å². The first-order valence-corrected chi connectivity index (χ1v) is 6.66. The van der Waals surface area contributed by atoms with Gasteiger partial charge in [0.25, 0.3) is 0 Å². The van der Waals surface area contributed by atoms with E-state index in [1.54, 1.807) is 7.11 Å². The lowest BCUT2D eigenvalue weighted by molar-refractivity contribution is -0.141. The number of hydrogen-bond donors (Lipinski definition) is 0. The summed E-state index contributed by atoms with van der Waals surface area (Å²) in [4.78, 5) is 11.7. The van der Waals surface area contributed by atoms with Crippen LogP contribution in [0.3, 0.4) is 0 Å². The number of ether oxygens (including phenoxy) is 2. The van der Waals surface area contributed by atoms with Gasteiger partial charge in [0, 0.05) is 5.92 Å². The SMILES string of the molecule is COc1ccc([C@H]2CC(=O)O[C@H]2c2ccccc2)cc1. The largest absolute Gasteiger partial charge is 0.497 e. The fraction of sp³-hybridized carbons (Fsp3) is 0.235. The molecule has 3 rings (SSSR count). The van der Waals surface area contributed by atoms with E-state index >= 15 is 0 Å². The van der Waals surface area contributed by atoms with Crippen molar-refractivity contribution < 1.29 is 14.3 Å². The lowest BCUT2D eigenvalue weighted by atomic mass is 9.88. The van der Waals surface area contributed by atoms with E-state index in [1.165, 1.54) is 0 Å². The topological polar surface area (TPSA) is 35.5 Å². The zero-order valence-corrected chi connectivity index (χ0v) is 11.3. The van der Waals surface area contributed by atoms with Gasteiger partial charge < -0.3 is 9.47 Å². The van der Waals surface area contributed by atoms with Gasteiger partial charge in [-0.3, -0.25) is 4.79 Å². The summed E-state index contributed by atoms with van der Waals surface area (Å²) in [5.74, 6) is 0.741. The number of benzene rings is 2. The van der Waals surface area contributed by atoms with Crippen molar-refractivity contribution in [2.45, 2.75) is 18.4 Å². The van der Waals surface area contributed by atoms with Crippen LogP contribution in [0.1, 0.15) is 29.6 Å². The van der Waals surface area contributed by atoms with Gasteiger partial charge in [0.05, 0.1) is 13.5 Å². The molecular weight excluding hydrogens is 252 g/mol. The van der Waals surface area contributed by atoms with E-state index in [0.29, 0.717) is 6.42 Å². The summed E-state index contributed by atoms with van der Waals surface area (Å²) in [6.45, 7) is 0. The number of esters is 1. The van der Waals surface area contributed by atoms with Gasteiger partial charge in [-0.15, -0.1) is 0 Å². The summed E-state index contributed by atoms with van der Waals surface area (Å²) in [5.41, 5.74) is 2.14. The van der Waals surface area contributed by atoms with Gasteiger partial charge in [0.2, 0.25) is 0 Å². The maximum absolute atomic E-state index is 11.7. The fourth-order valence-corrected chi connectivity index (χ4v) is 2.65. The molecule has 0 N–H and O–H groups in total. The molecule has 1 heterocycles. The standard InChI is InChI=1S/C17H16O3/c1-19-14-9-7-12(8-10-14)15-11-16(18)20-17(15)13-5-3-2-4-6-13/h2-10,15,17H,11H2,1H3/t15-,17+/m1/s1. The highest BCUT2D eigenvalue weighted by atomic mass is 16.5. The monoisotopic (exact) mass is 268 g/mol. The lowest BCUT2D eigenvalue weighted by Gasteiger charge is -2.18. The minimum absolute atomic E-state index is 0.0656. The molecule has 3 heteroatoms. The molecule has 1 aliphatic rings. The Balaban J connectivity index is 1.91. The third-order valence-electron chi connectivity index (χ3n) is 3.68. The van der Waals surface area contributed by atoms with Gasteiger partial charge in [-0.2, -0.15) is 0 Å². The Morgan fingerprint density at radius 3 is 2.35 bits per heavy atom. The number of hydrogen-bond acceptors (Lipinski definition) is 3. The molecule has 0 bridgehead atoms. The molecule has 2 atom stereocenters. The third-order valence-corrected chi connectivity index (χ3v) is 3.68. The molecule has 2 aromatic carbocycles. The van der Waals surface area contributed by atoms with Crippen molar-refractivity contribution >= 4 is 5.97 Å². The second-order valence-corrected chi connectivity index (χ2v) is 4.90. The summed E-state index contributed by atoms with van der Waals surface area (Å²) in [5, 5.41) is 0. The van der Waals surface area contributed by atoms with E-state index in [2.05, 4.69) is 0 Å². The van der Waals surface area contributed by atoms with Crippen LogP contribution in [-0.4, -0.2) is 13.1 Å². The Morgan fingerprint density at radius 2 is 1.70 bits per heavy atom. The third kappa shape index (κ3) is 2.39. The molecule has 1 saturated heterocycles. The minimum Gasteiger partial charge on any atom is -0.497 e. The molecule has 3 nitrogen and oxygen atoms in total. The van der Waals surface area contributed by atoms with Crippen LogP contribution in [0.4, 0.5) is 0 Å². The van der Waals surface area contributed by atoms with Gasteiger partial charge in [0.15, 0.2) is 0 Å². The van der Waals surface area contributed by atoms with Gasteiger partial charge in [-0.05, 0) is 23.3 Å². The average molecular weight is 268 g/mol. The van der Waals surface area contributed by atoms with Crippen molar-refractivity contribution in [1.82, 2.24) is 0 Å². The molecule has 2 aromatic rings. The number of rotatable bonds is 3. The predicted octanol–water partition coefficient (Wildman–Crippen LogP) is 3.47. The van der Waals surface area contributed by atoms with Crippen molar-refractivity contribution in [3.8, 4) is 5.75 Å². The second-order valence-electron chi connectivity index (χ2n) is 4.90. The Labute approximate surface area is 118 Å². The van der Waals surface area contributed by atoms with Crippen molar-refractivity contribution in [3.05, 3.63) is 65.7 Å². The van der Waals surface area contributed by atoms with Gasteiger partial charge in [0.1, 0.15) is 11.9 Å². The highest BCUT2D eigenvalue weighted by molar-refractivity contribution is 5.74. The van der Waals surface area contributed by atoms with Crippen LogP contribution >= 0.6 is 0 Å². The molecule has 102 valence electrons. The summed E-state index contributed by atoms with van der Waals surface area (Å²) in [6, 6.07) is 17.7. The van der Waals surface area contributed by atoms with E-state index in [0.717, 1.165) is 16.9 Å². The van der Waals surface area contributed by atoms with Crippen molar-refractivity contribution in [2.75, 3.05) is 7.11 Å². The van der Waals surface area contributed by atoms with Crippen LogP contribution in [0.15, 0.2) is 54.6 Å². The fourth-order valence-electron chi connectivity index (χ4n) is 2.65. The van der Waals surface area contributed by atoms with Gasteiger partial charge in [-0.1, -0.05) is 42.5 Å². The van der Waals surface area contributed by atoms with Gasteiger partial charge >= 0.3 is 5.97 Å². The number of cyclic esters (lactones) is 1. The van der Waals surface area contributed by atoms with Crippen molar-refractivity contribution in [2.24, 2.45) is 0 Å². The van der Waals surface area contributed by atoms with Gasteiger partial charge in [-0.25, -0.2) is 0 Å². The first kappa shape index (κ1) is 12.7. The molecule has 0 saturated carbocycles. The molecular formula is C17H16O3. The highest BCUT2D eigenvalue weighted by Crippen LogP contribution is 2.42. The Kier molecular flexibility index (Phi) is 3.42. The first-order valence-electron chi connectivity index (χ1n) is 6.66. The Bertz CT molecular complexity index is 589. The predicted molar refractivity (Wildman–Crippen MR) is 75.6 cm³/mol. The number of methoxy groups -OCH3 is 1. The summed E-state index contributed by atoms with van der Waals surface area (Å²) < 4.78 is 10.7. The van der Waals surface area contributed by atoms with Crippen LogP contribution < -0.4 is 4.74 Å². The second kappa shape index (κ2) is 5.37. The zero-order chi connectivity index (χ0) is 13.9. The molecule has 0 amide bonds. The normalized spacial score (nSPS) is 21.6. The Hall–Kier alpha value is -2.29. The molecule has 0 radical (unpaired) electrons. The van der Waals surface area contributed by atoms with E-state index in [4.69, 9.17) is 9.47 Å². The highest BCUT2D eigenvalue weighted by Gasteiger charge is 2.36. The summed E-state index contributed by atoms with van der Waals surface area (Å²) >= 11 is 0. The van der Waals surface area contributed by atoms with Crippen LogP contribution in [-0.2, 0) is 9.53 Å². The van der Waals surface area contributed by atoms with E-state index in [9.17, 15) is 4.79 Å². The molecule has 1 aliphatic heterocycles. The van der Waals surface area contributed by atoms with Crippen LogP contribution in [0.25, 0.3) is 0 Å². The maximum Gasteiger partial charge on any atom is 0.307 e. The zero-order valence-electron chi connectivity index (χ0n) is 11.3. The summed E-state index contributed by atoms with van der Waals surface area (Å²) in [6.07, 6.45) is 0.225. The maximum atomic E-state index is 11.7. The number of carbonyl (C=O) groups is 1. The van der Waals surface area contributed by atoms with E-state index in [-0.39, 0.29) is 18.0 Å². The molecule has 0 aromatic heterocycles. The van der Waals surface area contributed by atoms with Crippen LogP contribution in [0.5, 0.6) is 5.75 Å². The van der Waals surface area contributed by atoms with Crippen molar-refractivity contribution in [3.63, 3.8) is 0 Å². The quantitative estimate of drug-likeness (QED) is 0.800. The Morgan fingerprint density at radius 1 is 1.00 bits per heavy atom. The van der Waals surface area contributed by atoms with Crippen LogP contribution in [0.2, 0.25) is 0 Å².